The van der Waals surface area contributed by atoms with Gasteiger partial charge in [0.1, 0.15) is 11.8 Å². The zero-order valence-electron chi connectivity index (χ0n) is 19.0. The predicted octanol–water partition coefficient (Wildman–Crippen LogP) is 4.92. The van der Waals surface area contributed by atoms with Gasteiger partial charge in [-0.05, 0) is 29.8 Å². The van der Waals surface area contributed by atoms with Crippen LogP contribution in [0.25, 0.3) is 0 Å². The minimum Gasteiger partial charge on any atom is -0.497 e. The Balaban J connectivity index is 1.72. The quantitative estimate of drug-likeness (QED) is 0.296. The highest BCUT2D eigenvalue weighted by molar-refractivity contribution is 6.91. The van der Waals surface area contributed by atoms with Crippen molar-refractivity contribution in [2.75, 3.05) is 12.0 Å². The topological polar surface area (TPSA) is 46.6 Å². The van der Waals surface area contributed by atoms with Crippen molar-refractivity contribution >= 4 is 30.6 Å². The zero-order valence-corrected chi connectivity index (χ0v) is 20.0. The molecule has 3 aromatic carbocycles. The molecule has 1 fully saturated rings. The number of amides is 1. The second-order valence-corrected chi connectivity index (χ2v) is 13.9. The Bertz CT molecular complexity index is 1100. The Morgan fingerprint density at radius 3 is 2.03 bits per heavy atom. The molecule has 1 aliphatic heterocycles. The standard InChI is InChI=1S/C27H29NO3Si/c1-19(32(3,4)23-13-9-6-10-14-23)24-25(26(29)20-11-7-5-8-12-20)28(27(24)30)21-15-17-22(31-2)18-16-21/h5-19,24-25H,1-4H3/t19-,24-,25-/m0/s1. The lowest BCUT2D eigenvalue weighted by Gasteiger charge is -2.51. The van der Waals surface area contributed by atoms with Crippen LogP contribution in [0.5, 0.6) is 5.75 Å². The van der Waals surface area contributed by atoms with Crippen LogP contribution in [0.1, 0.15) is 17.3 Å². The number of anilines is 1. The molecule has 1 saturated heterocycles. The number of nitrogens with zero attached hydrogens (tertiary/aromatic N) is 1. The molecule has 3 atom stereocenters. The van der Waals surface area contributed by atoms with Crippen molar-refractivity contribution < 1.29 is 14.3 Å². The van der Waals surface area contributed by atoms with Gasteiger partial charge in [0.25, 0.3) is 0 Å². The molecule has 1 aliphatic rings. The van der Waals surface area contributed by atoms with Crippen LogP contribution < -0.4 is 14.8 Å². The van der Waals surface area contributed by atoms with E-state index in [4.69, 9.17) is 4.74 Å². The third-order valence-corrected chi connectivity index (χ3v) is 11.5. The van der Waals surface area contributed by atoms with Crippen LogP contribution in [0.3, 0.4) is 0 Å². The summed E-state index contributed by atoms with van der Waals surface area (Å²) < 4.78 is 5.26. The summed E-state index contributed by atoms with van der Waals surface area (Å²) in [7, 11) is -0.400. The Morgan fingerprint density at radius 1 is 0.906 bits per heavy atom. The molecule has 1 amide bonds. The van der Waals surface area contributed by atoms with Crippen LogP contribution in [-0.2, 0) is 4.79 Å². The van der Waals surface area contributed by atoms with Crippen LogP contribution in [0.15, 0.2) is 84.9 Å². The van der Waals surface area contributed by atoms with Gasteiger partial charge in [-0.3, -0.25) is 9.59 Å². The maximum Gasteiger partial charge on any atom is 0.233 e. The van der Waals surface area contributed by atoms with Gasteiger partial charge in [0, 0.05) is 11.3 Å². The Labute approximate surface area is 190 Å². The number of hydrogen-bond acceptors (Lipinski definition) is 3. The maximum atomic E-state index is 13.7. The average molecular weight is 444 g/mol. The van der Waals surface area contributed by atoms with Gasteiger partial charge < -0.3 is 9.64 Å². The van der Waals surface area contributed by atoms with Crippen molar-refractivity contribution in [3.63, 3.8) is 0 Å². The smallest absolute Gasteiger partial charge is 0.233 e. The number of carbonyl (C=O) groups excluding carboxylic acids is 2. The average Bonchev–Trinajstić information content (AvgIpc) is 2.83. The van der Waals surface area contributed by atoms with Crippen LogP contribution >= 0.6 is 0 Å². The van der Waals surface area contributed by atoms with E-state index >= 15 is 0 Å². The predicted molar refractivity (Wildman–Crippen MR) is 132 cm³/mol. The lowest BCUT2D eigenvalue weighted by atomic mass is 9.79. The Kier molecular flexibility index (Phi) is 6.02. The first-order valence-electron chi connectivity index (χ1n) is 11.0. The first kappa shape index (κ1) is 22.0. The molecule has 0 bridgehead atoms. The van der Waals surface area contributed by atoms with Gasteiger partial charge in [-0.25, -0.2) is 0 Å². The maximum absolute atomic E-state index is 13.7. The second-order valence-electron chi connectivity index (χ2n) is 8.98. The molecule has 32 heavy (non-hydrogen) atoms. The summed E-state index contributed by atoms with van der Waals surface area (Å²) in [5.41, 5.74) is 1.47. The van der Waals surface area contributed by atoms with Gasteiger partial charge in [0.05, 0.1) is 21.1 Å². The number of β-lactam (4-membered cyclic amide) rings is 1. The molecule has 0 aromatic heterocycles. The van der Waals surface area contributed by atoms with E-state index in [-0.39, 0.29) is 23.1 Å². The van der Waals surface area contributed by atoms with Crippen LogP contribution in [0.4, 0.5) is 5.69 Å². The molecule has 0 N–H and O–H groups in total. The van der Waals surface area contributed by atoms with Crippen molar-refractivity contribution in [1.82, 2.24) is 0 Å². The van der Waals surface area contributed by atoms with E-state index in [1.807, 2.05) is 60.7 Å². The number of carbonyl (C=O) groups is 2. The van der Waals surface area contributed by atoms with Gasteiger partial charge in [0.15, 0.2) is 5.78 Å². The van der Waals surface area contributed by atoms with Crippen LogP contribution in [0.2, 0.25) is 18.6 Å². The number of rotatable bonds is 7. The number of methoxy groups -OCH3 is 1. The van der Waals surface area contributed by atoms with Crippen molar-refractivity contribution in [2.45, 2.75) is 31.6 Å². The molecule has 0 unspecified atom stereocenters. The number of hydrogen-bond donors (Lipinski definition) is 0. The summed E-state index contributed by atoms with van der Waals surface area (Å²) in [5, 5.41) is 1.30. The van der Waals surface area contributed by atoms with Gasteiger partial charge >= 0.3 is 0 Å². The third kappa shape index (κ3) is 3.77. The molecular formula is C27H29NO3Si. The molecule has 5 heteroatoms. The van der Waals surface area contributed by atoms with E-state index in [2.05, 4.69) is 44.3 Å². The minimum atomic E-state index is -2.01. The van der Waals surface area contributed by atoms with Crippen molar-refractivity contribution in [3.8, 4) is 5.75 Å². The molecule has 1 heterocycles. The number of ether oxygens (including phenoxy) is 1. The lowest BCUT2D eigenvalue weighted by molar-refractivity contribution is -0.129. The third-order valence-electron chi connectivity index (χ3n) is 7.01. The van der Waals surface area contributed by atoms with E-state index in [1.165, 1.54) is 5.19 Å². The van der Waals surface area contributed by atoms with E-state index in [0.29, 0.717) is 5.56 Å². The molecular weight excluding hydrogens is 414 g/mol. The minimum absolute atomic E-state index is 0.00395. The monoisotopic (exact) mass is 443 g/mol. The fourth-order valence-corrected chi connectivity index (χ4v) is 7.46. The summed E-state index contributed by atoms with van der Waals surface area (Å²) in [6, 6.07) is 26.6. The van der Waals surface area contributed by atoms with Gasteiger partial charge in [0.2, 0.25) is 5.91 Å². The van der Waals surface area contributed by atoms with Crippen LogP contribution in [-0.4, -0.2) is 32.9 Å². The second kappa shape index (κ2) is 8.75. The van der Waals surface area contributed by atoms with Gasteiger partial charge in [-0.1, -0.05) is 85.9 Å². The van der Waals surface area contributed by atoms with E-state index in [9.17, 15) is 9.59 Å². The van der Waals surface area contributed by atoms with Gasteiger partial charge in [-0.15, -0.1) is 0 Å². The van der Waals surface area contributed by atoms with E-state index in [1.54, 1.807) is 12.0 Å². The molecule has 0 aliphatic carbocycles. The van der Waals surface area contributed by atoms with Crippen LogP contribution in [0, 0.1) is 5.92 Å². The molecule has 3 aromatic rings. The van der Waals surface area contributed by atoms with Crippen molar-refractivity contribution in [3.05, 3.63) is 90.5 Å². The Morgan fingerprint density at radius 2 is 1.47 bits per heavy atom. The fourth-order valence-electron chi connectivity index (χ4n) is 4.66. The normalized spacial score (nSPS) is 19.2. The lowest BCUT2D eigenvalue weighted by Crippen LogP contribution is -2.68. The highest BCUT2D eigenvalue weighted by Gasteiger charge is 2.57. The summed E-state index contributed by atoms with van der Waals surface area (Å²) in [6.07, 6.45) is 0. The van der Waals surface area contributed by atoms with Crippen molar-refractivity contribution in [2.24, 2.45) is 5.92 Å². The summed E-state index contributed by atoms with van der Waals surface area (Å²) >= 11 is 0. The number of ketones is 1. The highest BCUT2D eigenvalue weighted by atomic mass is 28.3. The molecule has 0 saturated carbocycles. The number of benzene rings is 3. The summed E-state index contributed by atoms with van der Waals surface area (Å²) in [6.45, 7) is 6.74. The molecule has 0 spiro atoms. The highest BCUT2D eigenvalue weighted by Crippen LogP contribution is 2.44. The summed E-state index contributed by atoms with van der Waals surface area (Å²) in [5.74, 6) is 0.394. The molecule has 4 nitrogen and oxygen atoms in total. The SMILES string of the molecule is COc1ccc(N2C(=O)[C@@H]([C@H](C)[Si](C)(C)c3ccccc3)[C@H]2C(=O)c2ccccc2)cc1. The number of Topliss-reactive ketones (excluding diaryl/α,β-unsaturated/α-hetero) is 1. The molecule has 4 rings (SSSR count). The molecule has 164 valence electrons. The molecule has 0 radical (unpaired) electrons. The van der Waals surface area contributed by atoms with E-state index < -0.39 is 14.1 Å². The Hall–Kier alpha value is -3.18. The first-order valence-corrected chi connectivity index (χ1v) is 14.1. The van der Waals surface area contributed by atoms with Crippen molar-refractivity contribution in [1.29, 1.82) is 0 Å². The van der Waals surface area contributed by atoms with Gasteiger partial charge in [-0.2, -0.15) is 0 Å². The summed E-state index contributed by atoms with van der Waals surface area (Å²) in [4.78, 5) is 28.9. The fraction of sp³-hybridized carbons (Fsp3) is 0.259. The first-order chi connectivity index (χ1) is 15.4. The zero-order chi connectivity index (χ0) is 22.9. The largest absolute Gasteiger partial charge is 0.497 e. The van der Waals surface area contributed by atoms with E-state index in [0.717, 1.165) is 11.4 Å².